The Bertz CT molecular complexity index is 911. The largest absolute Gasteiger partial charge is 0.357 e. The van der Waals surface area contributed by atoms with E-state index < -0.39 is 9.84 Å². The molecule has 1 aromatic carbocycles. The van der Waals surface area contributed by atoms with Crippen LogP contribution >= 0.6 is 35.3 Å². The second-order valence-electron chi connectivity index (χ2n) is 6.83. The number of benzene rings is 1. The van der Waals surface area contributed by atoms with Gasteiger partial charge in [0.2, 0.25) is 0 Å². The highest BCUT2D eigenvalue weighted by molar-refractivity contribution is 14.0. The van der Waals surface area contributed by atoms with Crippen molar-refractivity contribution < 1.29 is 8.42 Å². The summed E-state index contributed by atoms with van der Waals surface area (Å²) in [6.45, 7) is 8.01. The first-order valence-electron chi connectivity index (χ1n) is 9.52. The van der Waals surface area contributed by atoms with Gasteiger partial charge < -0.3 is 10.6 Å². The van der Waals surface area contributed by atoms with E-state index in [9.17, 15) is 8.42 Å². The van der Waals surface area contributed by atoms with Gasteiger partial charge in [-0.2, -0.15) is 0 Å². The second-order valence-corrected chi connectivity index (χ2v) is 9.76. The molecule has 1 heterocycles. The standard InChI is InChI=1S/C20H30N4O2S2.HI/c1-5-21-20(22-11-7-6-8-19-24-16(3)14-27-19)23-13-17-9-10-18(15(2)12-17)28(4,25)26;/h9-10,12,14H,5-8,11,13H2,1-4H3,(H2,21,22,23);1H. The first-order valence-corrected chi connectivity index (χ1v) is 12.3. The molecular weight excluding hydrogens is 519 g/mol. The van der Waals surface area contributed by atoms with Crippen molar-refractivity contribution in [2.24, 2.45) is 4.99 Å². The molecular formula is C20H31IN4O2S2. The molecule has 1 aromatic heterocycles. The van der Waals surface area contributed by atoms with Gasteiger partial charge >= 0.3 is 0 Å². The normalized spacial score (nSPS) is 11.8. The van der Waals surface area contributed by atoms with Gasteiger partial charge in [0.05, 0.1) is 16.4 Å². The van der Waals surface area contributed by atoms with E-state index in [-0.39, 0.29) is 24.0 Å². The molecule has 9 heteroatoms. The monoisotopic (exact) mass is 550 g/mol. The zero-order valence-electron chi connectivity index (χ0n) is 17.5. The maximum atomic E-state index is 11.7. The molecule has 0 aliphatic heterocycles. The van der Waals surface area contributed by atoms with E-state index in [4.69, 9.17) is 0 Å². The molecule has 0 spiro atoms. The summed E-state index contributed by atoms with van der Waals surface area (Å²) in [5.74, 6) is 0.775. The van der Waals surface area contributed by atoms with Crippen LogP contribution in [0.5, 0.6) is 0 Å². The van der Waals surface area contributed by atoms with Crippen molar-refractivity contribution in [3.05, 3.63) is 45.4 Å². The zero-order chi connectivity index (χ0) is 20.6. The van der Waals surface area contributed by atoms with Crippen molar-refractivity contribution in [3.8, 4) is 0 Å². The minimum atomic E-state index is -3.19. The highest BCUT2D eigenvalue weighted by atomic mass is 127. The fourth-order valence-electron chi connectivity index (χ4n) is 2.86. The van der Waals surface area contributed by atoms with E-state index in [1.807, 2.05) is 32.9 Å². The number of sulfone groups is 1. The van der Waals surface area contributed by atoms with Gasteiger partial charge in [-0.25, -0.2) is 18.4 Å². The summed E-state index contributed by atoms with van der Waals surface area (Å²) >= 11 is 1.73. The number of halogens is 1. The third-order valence-corrected chi connectivity index (χ3v) is 6.46. The molecule has 29 heavy (non-hydrogen) atoms. The molecule has 0 atom stereocenters. The SMILES string of the molecule is CCNC(=NCc1ccc(S(C)(=O)=O)c(C)c1)NCCCCc1nc(C)cs1.I. The van der Waals surface area contributed by atoms with Crippen molar-refractivity contribution in [3.63, 3.8) is 0 Å². The average molecular weight is 551 g/mol. The Morgan fingerprint density at radius 3 is 2.55 bits per heavy atom. The number of hydrogen-bond acceptors (Lipinski definition) is 5. The van der Waals surface area contributed by atoms with Crippen LogP contribution in [0.1, 0.15) is 41.6 Å². The summed E-state index contributed by atoms with van der Waals surface area (Å²) in [5, 5.41) is 9.90. The Balaban J connectivity index is 0.00000420. The van der Waals surface area contributed by atoms with Crippen molar-refractivity contribution in [1.82, 2.24) is 15.6 Å². The van der Waals surface area contributed by atoms with E-state index in [1.54, 1.807) is 17.4 Å². The van der Waals surface area contributed by atoms with Gasteiger partial charge in [0.25, 0.3) is 0 Å². The van der Waals surface area contributed by atoms with Gasteiger partial charge in [0.15, 0.2) is 15.8 Å². The van der Waals surface area contributed by atoms with Crippen LogP contribution in [0.25, 0.3) is 0 Å². The van der Waals surface area contributed by atoms with Crippen LogP contribution in [0.3, 0.4) is 0 Å². The smallest absolute Gasteiger partial charge is 0.191 e. The van der Waals surface area contributed by atoms with Crippen molar-refractivity contribution in [2.75, 3.05) is 19.3 Å². The van der Waals surface area contributed by atoms with Gasteiger partial charge in [-0.05, 0) is 57.2 Å². The highest BCUT2D eigenvalue weighted by Gasteiger charge is 2.10. The van der Waals surface area contributed by atoms with Gasteiger partial charge in [-0.3, -0.25) is 0 Å². The van der Waals surface area contributed by atoms with E-state index in [2.05, 4.69) is 26.0 Å². The summed E-state index contributed by atoms with van der Waals surface area (Å²) in [4.78, 5) is 9.47. The second kappa shape index (κ2) is 12.5. The predicted octanol–water partition coefficient (Wildman–Crippen LogP) is 3.86. The molecule has 0 unspecified atom stereocenters. The van der Waals surface area contributed by atoms with Crippen LogP contribution in [-0.4, -0.2) is 38.7 Å². The lowest BCUT2D eigenvalue weighted by Gasteiger charge is -2.11. The van der Waals surface area contributed by atoms with Gasteiger partial charge in [-0.1, -0.05) is 12.1 Å². The third kappa shape index (κ3) is 9.00. The van der Waals surface area contributed by atoms with Crippen LogP contribution in [0.4, 0.5) is 0 Å². The fourth-order valence-corrected chi connectivity index (χ4v) is 4.64. The first kappa shape index (κ1) is 25.8. The summed E-state index contributed by atoms with van der Waals surface area (Å²) in [5.41, 5.74) is 2.84. The molecule has 2 aromatic rings. The summed E-state index contributed by atoms with van der Waals surface area (Å²) in [7, 11) is -3.19. The first-order chi connectivity index (χ1) is 13.3. The Kier molecular flexibility index (Phi) is 11.1. The van der Waals surface area contributed by atoms with E-state index in [1.165, 1.54) is 11.3 Å². The molecule has 0 amide bonds. The molecule has 162 valence electrons. The number of guanidine groups is 1. The molecule has 6 nitrogen and oxygen atoms in total. The molecule has 2 rings (SSSR count). The van der Waals surface area contributed by atoms with Crippen molar-refractivity contribution in [2.45, 2.75) is 51.5 Å². The van der Waals surface area contributed by atoms with Crippen LogP contribution in [0.2, 0.25) is 0 Å². The highest BCUT2D eigenvalue weighted by Crippen LogP contribution is 2.17. The number of nitrogens with one attached hydrogen (secondary N) is 2. The van der Waals surface area contributed by atoms with Crippen LogP contribution in [0, 0.1) is 13.8 Å². The maximum absolute atomic E-state index is 11.7. The fraction of sp³-hybridized carbons (Fsp3) is 0.500. The lowest BCUT2D eigenvalue weighted by Crippen LogP contribution is -2.37. The Morgan fingerprint density at radius 1 is 1.21 bits per heavy atom. The summed E-state index contributed by atoms with van der Waals surface area (Å²) in [6, 6.07) is 5.38. The summed E-state index contributed by atoms with van der Waals surface area (Å²) in [6.07, 6.45) is 4.38. The van der Waals surface area contributed by atoms with E-state index in [0.29, 0.717) is 11.4 Å². The van der Waals surface area contributed by atoms with Gasteiger partial charge in [0.1, 0.15) is 0 Å². The summed E-state index contributed by atoms with van der Waals surface area (Å²) < 4.78 is 23.5. The molecule has 0 aliphatic rings. The zero-order valence-corrected chi connectivity index (χ0v) is 21.5. The Hall–Kier alpha value is -1.20. The van der Waals surface area contributed by atoms with Crippen molar-refractivity contribution >= 4 is 51.1 Å². The lowest BCUT2D eigenvalue weighted by molar-refractivity contribution is 0.601. The number of aliphatic imine (C=N–C) groups is 1. The Morgan fingerprint density at radius 2 is 1.97 bits per heavy atom. The van der Waals surface area contributed by atoms with Gasteiger partial charge in [-0.15, -0.1) is 35.3 Å². The minimum absolute atomic E-state index is 0. The molecule has 0 saturated carbocycles. The number of thiazole rings is 1. The minimum Gasteiger partial charge on any atom is -0.357 e. The topological polar surface area (TPSA) is 83.5 Å². The predicted molar refractivity (Wildman–Crippen MR) is 132 cm³/mol. The third-order valence-electron chi connectivity index (χ3n) is 4.18. The van der Waals surface area contributed by atoms with Crippen molar-refractivity contribution in [1.29, 1.82) is 0 Å². The molecule has 2 N–H and O–H groups in total. The lowest BCUT2D eigenvalue weighted by atomic mass is 10.1. The Labute approximate surface area is 195 Å². The number of hydrogen-bond donors (Lipinski definition) is 2. The van der Waals surface area contributed by atoms with E-state index >= 15 is 0 Å². The van der Waals surface area contributed by atoms with E-state index in [0.717, 1.165) is 55.1 Å². The van der Waals surface area contributed by atoms with Gasteiger partial charge in [0, 0.05) is 30.4 Å². The number of aromatic nitrogens is 1. The number of unbranched alkanes of at least 4 members (excludes halogenated alkanes) is 1. The molecule has 0 saturated heterocycles. The number of aryl methyl sites for hydroxylation is 3. The molecule has 0 fully saturated rings. The number of rotatable bonds is 9. The average Bonchev–Trinajstić information content (AvgIpc) is 3.03. The van der Waals surface area contributed by atoms with Crippen LogP contribution < -0.4 is 10.6 Å². The quantitative estimate of drug-likeness (QED) is 0.215. The maximum Gasteiger partial charge on any atom is 0.191 e. The molecule has 0 radical (unpaired) electrons. The van der Waals surface area contributed by atoms with Crippen LogP contribution in [0.15, 0.2) is 33.5 Å². The molecule has 0 aliphatic carbocycles. The number of nitrogens with zero attached hydrogens (tertiary/aromatic N) is 2. The molecule has 0 bridgehead atoms. The van der Waals surface area contributed by atoms with Crippen LogP contribution in [-0.2, 0) is 22.8 Å².